The smallest absolute Gasteiger partial charge is 0.348 e. The third kappa shape index (κ3) is 3.68. The number of piperidine rings is 3. The molecule has 3 saturated heterocycles. The maximum absolute atomic E-state index is 13.6. The summed E-state index contributed by atoms with van der Waals surface area (Å²) in [5, 5.41) is 11.6. The van der Waals surface area contributed by atoms with Crippen LogP contribution in [0.3, 0.4) is 0 Å². The Morgan fingerprint density at radius 1 is 1.11 bits per heavy atom. The lowest BCUT2D eigenvalue weighted by Gasteiger charge is -2.50. The van der Waals surface area contributed by atoms with E-state index in [9.17, 15) is 9.90 Å². The predicted molar refractivity (Wildman–Crippen MR) is 99.3 cm³/mol. The second-order valence-electron chi connectivity index (χ2n) is 6.74. The molecule has 1 unspecified atom stereocenters. The number of hydrogen-bond acceptors (Lipinski definition) is 3. The molecular formula is C22H26BrNO3. The number of carbonyl (C=O) groups is 1. The Hall–Kier alpha value is -1.69. The van der Waals surface area contributed by atoms with Gasteiger partial charge in [-0.1, -0.05) is 60.7 Å². The van der Waals surface area contributed by atoms with E-state index in [1.807, 2.05) is 0 Å². The highest BCUT2D eigenvalue weighted by Gasteiger charge is 2.49. The average Bonchev–Trinajstić information content (AvgIpc) is 2.76. The molecule has 0 saturated carbocycles. The molecule has 4 nitrogen and oxygen atoms in total. The molecule has 144 valence electrons. The van der Waals surface area contributed by atoms with Gasteiger partial charge in [0, 0.05) is 18.8 Å². The van der Waals surface area contributed by atoms with E-state index >= 15 is 0 Å². The van der Waals surface area contributed by atoms with Crippen molar-refractivity contribution in [2.45, 2.75) is 24.5 Å². The largest absolute Gasteiger partial charge is 1.00 e. The van der Waals surface area contributed by atoms with Crippen LogP contribution in [0.25, 0.3) is 0 Å². The first kappa shape index (κ1) is 12.7. The molecule has 2 bridgehead atoms. The summed E-state index contributed by atoms with van der Waals surface area (Å²) in [4.78, 5) is 13.6. The summed E-state index contributed by atoms with van der Waals surface area (Å²) in [6.07, 6.45) is -3.36. The Labute approximate surface area is 181 Å². The normalized spacial score (nSPS) is 39.0. The van der Waals surface area contributed by atoms with Gasteiger partial charge >= 0.3 is 5.97 Å². The van der Waals surface area contributed by atoms with Crippen LogP contribution in [0.4, 0.5) is 0 Å². The number of fused-ring (bicyclic) bond motifs is 3. The summed E-state index contributed by atoms with van der Waals surface area (Å²) in [6, 6.07) is 15.9. The molecule has 3 fully saturated rings. The van der Waals surface area contributed by atoms with Gasteiger partial charge < -0.3 is 31.3 Å². The molecule has 5 heteroatoms. The fraction of sp³-hybridized carbons (Fsp3) is 0.409. The third-order valence-electron chi connectivity index (χ3n) is 4.89. The molecule has 2 aromatic rings. The number of aliphatic hydroxyl groups is 1. The molecule has 0 radical (unpaired) electrons. The molecular weight excluding hydrogens is 406 g/mol. The van der Waals surface area contributed by atoms with Gasteiger partial charge in [-0.3, -0.25) is 0 Å². The molecule has 27 heavy (non-hydrogen) atoms. The van der Waals surface area contributed by atoms with Gasteiger partial charge in [-0.05, 0) is 11.1 Å². The van der Waals surface area contributed by atoms with Gasteiger partial charge in [-0.15, -0.1) is 0 Å². The van der Waals surface area contributed by atoms with Gasteiger partial charge in [0.15, 0.2) is 6.08 Å². The molecule has 1 atom stereocenters. The fourth-order valence-corrected chi connectivity index (χ4v) is 3.33. The van der Waals surface area contributed by atoms with Crippen molar-refractivity contribution in [2.75, 3.05) is 26.5 Å². The lowest BCUT2D eigenvalue weighted by Crippen LogP contribution is -3.00. The van der Waals surface area contributed by atoms with E-state index in [4.69, 9.17) is 14.3 Å². The Morgan fingerprint density at radius 3 is 2.07 bits per heavy atom. The van der Waals surface area contributed by atoms with Crippen molar-refractivity contribution in [3.63, 3.8) is 0 Å². The van der Waals surface area contributed by atoms with E-state index in [0.717, 1.165) is 7.05 Å². The van der Waals surface area contributed by atoms with Crippen LogP contribution in [-0.4, -0.2) is 48.2 Å². The fourth-order valence-electron chi connectivity index (χ4n) is 3.33. The molecule has 0 amide bonds. The second kappa shape index (κ2) is 7.74. The number of esters is 1. The molecule has 0 aliphatic carbocycles. The maximum Gasteiger partial charge on any atom is 0.348 e. The predicted octanol–water partition coefficient (Wildman–Crippen LogP) is -0.291. The number of likely N-dealkylation sites (N-methyl/N-ethyl adjacent to an activating group) is 1. The Morgan fingerprint density at radius 2 is 1.59 bits per heavy atom. The number of halogens is 1. The maximum atomic E-state index is 13.6. The topological polar surface area (TPSA) is 46.5 Å². The minimum absolute atomic E-state index is 0. The molecule has 3 aliphatic rings. The van der Waals surface area contributed by atoms with Gasteiger partial charge in [0.05, 0.1) is 29.6 Å². The van der Waals surface area contributed by atoms with Crippen LogP contribution in [0.15, 0.2) is 60.7 Å². The van der Waals surface area contributed by atoms with Crippen molar-refractivity contribution < 1.29 is 45.7 Å². The Balaban J connectivity index is 0.00000324. The van der Waals surface area contributed by atoms with Crippen molar-refractivity contribution in [1.82, 2.24) is 0 Å². The van der Waals surface area contributed by atoms with Gasteiger partial charge in [-0.25, -0.2) is 4.79 Å². The molecule has 1 N–H and O–H groups in total. The van der Waals surface area contributed by atoms with Crippen molar-refractivity contribution >= 4 is 5.97 Å². The SMILES string of the molecule is [2H]C1(OC(=O)C(O)(c2ccccc2)c2ccccc2)C2CC([2H])([2H])[N+](C)(C([2H])([2H])C2)C1([2H])[2H].[Br-]. The van der Waals surface area contributed by atoms with E-state index in [1.54, 1.807) is 36.4 Å². The van der Waals surface area contributed by atoms with E-state index in [0.29, 0.717) is 0 Å². The van der Waals surface area contributed by atoms with Crippen LogP contribution in [0, 0.1) is 5.92 Å². The first-order valence-electron chi connectivity index (χ1n) is 12.1. The molecule has 2 aromatic carbocycles. The first-order chi connectivity index (χ1) is 15.2. The number of nitrogens with zero attached hydrogens (tertiary/aromatic N) is 1. The van der Waals surface area contributed by atoms with E-state index < -0.39 is 47.5 Å². The third-order valence-corrected chi connectivity index (χ3v) is 4.89. The summed E-state index contributed by atoms with van der Waals surface area (Å²) in [5.41, 5.74) is -2.02. The highest BCUT2D eigenvalue weighted by molar-refractivity contribution is 5.85. The van der Waals surface area contributed by atoms with Crippen LogP contribution in [-0.2, 0) is 15.1 Å². The molecule has 3 aliphatic heterocycles. The van der Waals surface area contributed by atoms with Crippen LogP contribution >= 0.6 is 0 Å². The number of benzene rings is 2. The zero-order chi connectivity index (χ0) is 24.5. The van der Waals surface area contributed by atoms with Crippen molar-refractivity contribution in [2.24, 2.45) is 5.92 Å². The summed E-state index contributed by atoms with van der Waals surface area (Å²) < 4.78 is 63.9. The summed E-state index contributed by atoms with van der Waals surface area (Å²) >= 11 is 0. The Bertz CT molecular complexity index is 1010. The van der Waals surface area contributed by atoms with Crippen LogP contribution in [0.2, 0.25) is 0 Å². The number of hydrogen-bond donors (Lipinski definition) is 1. The van der Waals surface area contributed by atoms with Gasteiger partial charge in [0.25, 0.3) is 0 Å². The molecule has 0 spiro atoms. The number of quaternary nitrogens is 1. The highest BCUT2D eigenvalue weighted by Crippen LogP contribution is 2.37. The Kier molecular flexibility index (Phi) is 3.64. The van der Waals surface area contributed by atoms with Crippen LogP contribution in [0.1, 0.15) is 33.6 Å². The lowest BCUT2D eigenvalue weighted by atomic mass is 9.83. The van der Waals surface area contributed by atoms with E-state index in [1.165, 1.54) is 24.3 Å². The zero-order valence-corrected chi connectivity index (χ0v) is 16.4. The van der Waals surface area contributed by atoms with E-state index in [2.05, 4.69) is 0 Å². The molecule has 5 rings (SSSR count). The average molecular weight is 439 g/mol. The molecule has 3 heterocycles. The van der Waals surface area contributed by atoms with Gasteiger partial charge in [-0.2, -0.15) is 0 Å². The van der Waals surface area contributed by atoms with Crippen molar-refractivity contribution in [1.29, 1.82) is 0 Å². The zero-order valence-electron chi connectivity index (χ0n) is 21.9. The number of carbonyl (C=O) groups excluding carboxylic acids is 1. The minimum atomic E-state index is -2.95. The minimum Gasteiger partial charge on any atom is -1.00 e. The first-order valence-corrected chi connectivity index (χ1v) is 8.59. The van der Waals surface area contributed by atoms with Gasteiger partial charge in [0.1, 0.15) is 6.50 Å². The summed E-state index contributed by atoms with van der Waals surface area (Å²) in [6.45, 7) is -7.62. The van der Waals surface area contributed by atoms with Crippen LogP contribution < -0.4 is 17.0 Å². The van der Waals surface area contributed by atoms with Crippen molar-refractivity contribution in [3.05, 3.63) is 71.8 Å². The second-order valence-corrected chi connectivity index (χ2v) is 6.74. The van der Waals surface area contributed by atoms with E-state index in [-0.39, 0.29) is 40.9 Å². The van der Waals surface area contributed by atoms with Crippen LogP contribution in [0.5, 0.6) is 0 Å². The number of ether oxygens (including phenoxy) is 1. The lowest BCUT2D eigenvalue weighted by molar-refractivity contribution is -0.928. The van der Waals surface area contributed by atoms with Crippen molar-refractivity contribution in [3.8, 4) is 0 Å². The highest BCUT2D eigenvalue weighted by atomic mass is 79.9. The summed E-state index contributed by atoms with van der Waals surface area (Å²) in [7, 11) is 1.08. The summed E-state index contributed by atoms with van der Waals surface area (Å²) in [5.74, 6) is -2.54. The quantitative estimate of drug-likeness (QED) is 0.526. The monoisotopic (exact) mass is 438 g/mol. The number of rotatable bonds is 4. The molecule has 0 aromatic heterocycles. The standard InChI is InChI=1S/C22H26NO3.BrH/c1-23-14-12-17(13-15-23)20(16-23)26-21(24)22(25,18-8-4-2-5-9-18)19-10-6-3-7-11-19;/h2-11,17,20,25H,12-16H2,1H3;1H/q+1;/p-1/i14D2,15D2,16D2,20D;. The van der Waals surface area contributed by atoms with Gasteiger partial charge in [0.2, 0.25) is 5.60 Å².